The van der Waals surface area contributed by atoms with Crippen molar-refractivity contribution >= 4 is 127 Å². The lowest BCUT2D eigenvalue weighted by Gasteiger charge is -2.20. The van der Waals surface area contributed by atoms with Crippen molar-refractivity contribution in [1.82, 2.24) is 9.97 Å². The van der Waals surface area contributed by atoms with E-state index in [1.165, 1.54) is 41.8 Å². The predicted molar refractivity (Wildman–Crippen MR) is 283 cm³/mol. The van der Waals surface area contributed by atoms with Gasteiger partial charge in [-0.2, -0.15) is 0 Å². The number of nitrogens with zero attached hydrogens (tertiary/aromatic N) is 2. The summed E-state index contributed by atoms with van der Waals surface area (Å²) in [7, 11) is 2.77. The molecule has 4 aromatic heterocycles. The molecular weight excluding hydrogens is 1040 g/mol. The molecule has 0 spiro atoms. The third kappa shape index (κ3) is 18.1. The van der Waals surface area contributed by atoms with Crippen LogP contribution in [0.25, 0.3) is 22.5 Å². The molecule has 0 saturated heterocycles. The van der Waals surface area contributed by atoms with Crippen LogP contribution in [0, 0.1) is 11.8 Å². The Balaban J connectivity index is 0.000000236. The molecule has 0 unspecified atom stereocenters. The van der Waals surface area contributed by atoms with Crippen LogP contribution in [-0.4, -0.2) is 59.6 Å². The Labute approximate surface area is 439 Å². The normalized spacial score (nSPS) is 11.3. The highest BCUT2D eigenvalue weighted by atomic mass is 35.5. The second-order valence-corrected chi connectivity index (χ2v) is 23.6. The molecule has 12 nitrogen and oxygen atoms in total. The van der Waals surface area contributed by atoms with Gasteiger partial charge in [-0.25, -0.2) is 29.1 Å². The van der Waals surface area contributed by atoms with Gasteiger partial charge in [-0.15, -0.1) is 45.3 Å². The molecule has 6 aromatic rings. The first-order valence-electron chi connectivity index (χ1n) is 21.4. The van der Waals surface area contributed by atoms with E-state index in [-0.39, 0.29) is 11.9 Å². The predicted octanol–water partition coefficient (Wildman–Crippen LogP) is 16.5. The highest BCUT2D eigenvalue weighted by molar-refractivity contribution is 7.16. The average molecular weight is 1100 g/mol. The lowest BCUT2D eigenvalue weighted by atomic mass is 10.0. The number of benzene rings is 2. The van der Waals surface area contributed by atoms with Crippen molar-refractivity contribution in [1.29, 1.82) is 0 Å². The van der Waals surface area contributed by atoms with E-state index >= 15 is 0 Å². The summed E-state index contributed by atoms with van der Waals surface area (Å²) < 4.78 is 23.5. The number of aromatic nitrogens is 2. The molecule has 69 heavy (non-hydrogen) atoms. The maximum absolute atomic E-state index is 11.9. The molecule has 6 rings (SSSR count). The first-order valence-corrected chi connectivity index (χ1v) is 26.3. The molecule has 2 aromatic carbocycles. The van der Waals surface area contributed by atoms with Crippen LogP contribution in [0.4, 0.5) is 20.4 Å². The zero-order valence-corrected chi connectivity index (χ0v) is 46.6. The van der Waals surface area contributed by atoms with E-state index in [0.29, 0.717) is 53.8 Å². The van der Waals surface area contributed by atoms with Crippen LogP contribution in [0.5, 0.6) is 0 Å². The van der Waals surface area contributed by atoms with Crippen LogP contribution in [0.2, 0.25) is 20.1 Å². The smallest absolute Gasteiger partial charge is 0.465 e. The summed E-state index contributed by atoms with van der Waals surface area (Å²) >= 11 is 30.5. The number of esters is 2. The maximum Gasteiger partial charge on any atom is 0.519 e. The van der Waals surface area contributed by atoms with Crippen LogP contribution < -0.4 is 5.32 Å². The van der Waals surface area contributed by atoms with Gasteiger partial charge in [-0.1, -0.05) is 86.2 Å². The van der Waals surface area contributed by atoms with E-state index in [2.05, 4.69) is 37.7 Å². The Bertz CT molecular complexity index is 2530. The Morgan fingerprint density at radius 2 is 1.09 bits per heavy atom. The van der Waals surface area contributed by atoms with E-state index < -0.39 is 23.5 Å². The monoisotopic (exact) mass is 1100 g/mol. The summed E-state index contributed by atoms with van der Waals surface area (Å²) in [6.07, 6.45) is 0.308. The first kappa shape index (κ1) is 57.3. The van der Waals surface area contributed by atoms with Crippen LogP contribution in [0.1, 0.15) is 109 Å². The Hall–Kier alpha value is -4.26. The molecule has 0 radical (unpaired) electrons. The van der Waals surface area contributed by atoms with E-state index in [1.807, 2.05) is 47.2 Å². The van der Waals surface area contributed by atoms with Crippen LogP contribution in [-0.2, 0) is 42.9 Å². The first-order chi connectivity index (χ1) is 32.3. The van der Waals surface area contributed by atoms with Crippen molar-refractivity contribution in [3.05, 3.63) is 109 Å². The number of carbonyl (C=O) groups is 4. The summed E-state index contributed by atoms with van der Waals surface area (Å²) in [5.74, 6) is 0.318. The highest BCUT2D eigenvalue weighted by Crippen LogP contribution is 2.39. The molecule has 0 aliphatic heterocycles. The summed E-state index contributed by atoms with van der Waals surface area (Å²) in [5.41, 5.74) is 3.94. The second-order valence-electron chi connectivity index (χ2n) is 17.9. The minimum atomic E-state index is -1.06. The summed E-state index contributed by atoms with van der Waals surface area (Å²) in [6.45, 7) is 18.7. The Morgan fingerprint density at radius 3 is 1.57 bits per heavy atom. The van der Waals surface area contributed by atoms with Gasteiger partial charge in [0.2, 0.25) is 0 Å². The topological polar surface area (TPSA) is 152 Å². The fourth-order valence-corrected chi connectivity index (χ4v) is 10.7. The van der Waals surface area contributed by atoms with Crippen molar-refractivity contribution in [3.63, 3.8) is 0 Å². The molecular formula is C49H55Cl4N3O9S4. The minimum absolute atomic E-state index is 0.302. The minimum Gasteiger partial charge on any atom is -0.465 e. The number of carbonyl (C=O) groups excluding carboxylic acids is 4. The lowest BCUT2D eigenvalue weighted by Crippen LogP contribution is -2.29. The molecule has 0 aliphatic rings. The molecule has 0 atom stereocenters. The Kier molecular flexibility index (Phi) is 21.4. The fourth-order valence-electron chi connectivity index (χ4n) is 5.93. The fraction of sp³-hybridized carbons (Fsp3) is 0.388. The van der Waals surface area contributed by atoms with Crippen molar-refractivity contribution in [3.8, 4) is 22.5 Å². The van der Waals surface area contributed by atoms with E-state index in [4.69, 9.17) is 75.3 Å². The number of nitrogens with one attached hydrogen (secondary N) is 1. The molecule has 372 valence electrons. The van der Waals surface area contributed by atoms with Gasteiger partial charge in [0.25, 0.3) is 0 Å². The number of hydrogen-bond donors (Lipinski definition) is 1. The van der Waals surface area contributed by atoms with Gasteiger partial charge < -0.3 is 29.0 Å². The molecule has 0 fully saturated rings. The summed E-state index contributed by atoms with van der Waals surface area (Å²) in [6, 6.07) is 14.9. The van der Waals surface area contributed by atoms with Crippen molar-refractivity contribution in [2.75, 3.05) is 19.5 Å². The van der Waals surface area contributed by atoms with Gasteiger partial charge in [0.15, 0.2) is 5.13 Å². The van der Waals surface area contributed by atoms with Crippen LogP contribution in [0.3, 0.4) is 0 Å². The number of thiophene rings is 2. The number of ether oxygens (including phenoxy) is 5. The quantitative estimate of drug-likeness (QED) is 0.0705. The zero-order chi connectivity index (χ0) is 51.4. The van der Waals surface area contributed by atoms with E-state index in [1.54, 1.807) is 76.3 Å². The SMILES string of the molecule is CC(C)(C)OC(=O)OC(=O)OC(C)(C)C.COC(=O)c1sccc1Cc1nc(-c2ccc(Cl)c(Cl)c2)c(CC(C)C)s1.COC(=O)c1sccc1Nc1nc(-c2ccc(Cl)c(Cl)c2)c(CC(C)C)s1. The van der Waals surface area contributed by atoms with Crippen molar-refractivity contribution < 1.29 is 42.9 Å². The van der Waals surface area contributed by atoms with Gasteiger partial charge in [0.1, 0.15) is 21.0 Å². The van der Waals surface area contributed by atoms with Gasteiger partial charge in [-0.05, 0) is 119 Å². The van der Waals surface area contributed by atoms with E-state index in [9.17, 15) is 19.2 Å². The van der Waals surface area contributed by atoms with Gasteiger partial charge in [0.05, 0.1) is 56.4 Å². The van der Waals surface area contributed by atoms with Gasteiger partial charge in [-0.3, -0.25) is 0 Å². The molecule has 20 heteroatoms. The van der Waals surface area contributed by atoms with Crippen molar-refractivity contribution in [2.24, 2.45) is 11.8 Å². The molecule has 4 heterocycles. The maximum atomic E-state index is 11.9. The van der Waals surface area contributed by atoms with Gasteiger partial charge >= 0.3 is 24.2 Å². The standard InChI is InChI=1S/C20H19Cl2NO2S2.C19H18Cl2N2O2S2.C10H18O5/c1-11(2)8-16-18(12-4-5-14(21)15(22)9-12)23-17(27-16)10-13-6-7-26-19(13)20(24)25-3;1-10(2)8-15-16(11-4-5-12(20)13(21)9-11)23-19(27-15)22-14-6-7-26-17(14)18(24)25-3;1-9(2,3)14-7(11)13-8(12)15-10(4,5)6/h4-7,9,11H,8,10H2,1-3H3;4-7,9-10H,8H2,1-3H3,(H,22,23);1-6H3. The highest BCUT2D eigenvalue weighted by Gasteiger charge is 2.25. The summed E-state index contributed by atoms with van der Waals surface area (Å²) in [4.78, 5) is 59.0. The molecule has 0 amide bonds. The number of thiazole rings is 2. The van der Waals surface area contributed by atoms with Gasteiger partial charge in [0, 0.05) is 27.3 Å². The van der Waals surface area contributed by atoms with E-state index in [0.717, 1.165) is 55.9 Å². The molecule has 0 saturated carbocycles. The third-order valence-corrected chi connectivity index (χ3v) is 14.1. The van der Waals surface area contributed by atoms with Crippen LogP contribution in [0.15, 0.2) is 59.3 Å². The number of rotatable bonds is 12. The zero-order valence-electron chi connectivity index (χ0n) is 40.3. The molecule has 1 N–H and O–H groups in total. The molecule has 0 bridgehead atoms. The lowest BCUT2D eigenvalue weighted by molar-refractivity contribution is -0.0294. The largest absolute Gasteiger partial charge is 0.519 e. The van der Waals surface area contributed by atoms with Crippen molar-refractivity contribution in [2.45, 2.75) is 99.7 Å². The Morgan fingerprint density at radius 1 is 0.623 bits per heavy atom. The third-order valence-electron chi connectivity index (χ3n) is 8.69. The number of anilines is 2. The molecule has 0 aliphatic carbocycles. The van der Waals surface area contributed by atoms with Crippen LogP contribution >= 0.6 is 91.8 Å². The number of halogens is 4. The second kappa shape index (κ2) is 25.7. The number of methoxy groups -OCH3 is 2. The average Bonchev–Trinajstić information content (AvgIpc) is 4.06. The number of hydrogen-bond acceptors (Lipinski definition) is 16. The summed E-state index contributed by atoms with van der Waals surface area (Å²) in [5, 5.41) is 10.8.